The molecule has 8 nitrogen and oxygen atoms in total. The maximum Gasteiger partial charge on any atom is 0.257 e. The van der Waals surface area contributed by atoms with Crippen molar-refractivity contribution in [2.24, 2.45) is 5.14 Å². The number of carbonyl (C=O) groups is 1. The minimum atomic E-state index is -4.07. The second-order valence-corrected chi connectivity index (χ2v) is 10.3. The molecule has 36 heavy (non-hydrogen) atoms. The Kier molecular flexibility index (Phi) is 6.38. The first-order valence-electron chi connectivity index (χ1n) is 11.5. The molecule has 4 aromatic rings. The van der Waals surface area contributed by atoms with E-state index >= 15 is 0 Å². The van der Waals surface area contributed by atoms with Gasteiger partial charge in [-0.3, -0.25) is 9.78 Å². The first-order valence-corrected chi connectivity index (χ1v) is 13.0. The molecule has 184 valence electrons. The van der Waals surface area contributed by atoms with Crippen molar-refractivity contribution in [1.29, 1.82) is 0 Å². The van der Waals surface area contributed by atoms with Crippen molar-refractivity contribution in [3.63, 3.8) is 0 Å². The summed E-state index contributed by atoms with van der Waals surface area (Å²) in [5.74, 6) is -0.295. The van der Waals surface area contributed by atoms with Crippen LogP contribution < -0.4 is 10.5 Å². The van der Waals surface area contributed by atoms with Gasteiger partial charge in [-0.05, 0) is 60.7 Å². The second kappa shape index (κ2) is 9.63. The molecule has 0 saturated carbocycles. The largest absolute Gasteiger partial charge is 0.355 e. The van der Waals surface area contributed by atoms with Crippen LogP contribution in [0.4, 0.5) is 15.8 Å². The summed E-state index contributed by atoms with van der Waals surface area (Å²) in [7, 11) is -4.07. The average Bonchev–Trinajstić information content (AvgIpc) is 2.88. The van der Waals surface area contributed by atoms with Gasteiger partial charge in [0.15, 0.2) is 5.03 Å². The second-order valence-electron chi connectivity index (χ2n) is 8.77. The van der Waals surface area contributed by atoms with Gasteiger partial charge in [-0.2, -0.15) is 0 Å². The quantitative estimate of drug-likeness (QED) is 0.420. The van der Waals surface area contributed by atoms with Gasteiger partial charge in [-0.15, -0.1) is 0 Å². The van der Waals surface area contributed by atoms with Gasteiger partial charge >= 0.3 is 0 Å². The highest BCUT2D eigenvalue weighted by atomic mass is 32.2. The maximum absolute atomic E-state index is 13.5. The lowest BCUT2D eigenvalue weighted by Gasteiger charge is -2.32. The van der Waals surface area contributed by atoms with Gasteiger partial charge < -0.3 is 10.2 Å². The fraction of sp³-hybridized carbons (Fsp3) is 0.192. The summed E-state index contributed by atoms with van der Waals surface area (Å²) in [5, 5.41) is 9.02. The Balaban J connectivity index is 1.40. The Morgan fingerprint density at radius 3 is 2.50 bits per heavy atom. The minimum Gasteiger partial charge on any atom is -0.355 e. The molecule has 2 aromatic heterocycles. The van der Waals surface area contributed by atoms with Gasteiger partial charge in [0.25, 0.3) is 15.9 Å². The number of primary sulfonamides is 1. The van der Waals surface area contributed by atoms with E-state index in [9.17, 15) is 17.6 Å². The Morgan fingerprint density at radius 1 is 1.03 bits per heavy atom. The lowest BCUT2D eigenvalue weighted by Crippen LogP contribution is -2.38. The van der Waals surface area contributed by atoms with Crippen LogP contribution in [0.15, 0.2) is 78.1 Å². The first-order chi connectivity index (χ1) is 17.3. The van der Waals surface area contributed by atoms with Gasteiger partial charge in [-0.25, -0.2) is 22.9 Å². The van der Waals surface area contributed by atoms with E-state index in [4.69, 9.17) is 5.14 Å². The van der Waals surface area contributed by atoms with Crippen LogP contribution in [0, 0.1) is 5.82 Å². The van der Waals surface area contributed by atoms with E-state index in [1.54, 1.807) is 29.3 Å². The normalized spacial score (nSPS) is 14.7. The molecule has 0 radical (unpaired) electrons. The fourth-order valence-corrected chi connectivity index (χ4v) is 4.98. The summed E-state index contributed by atoms with van der Waals surface area (Å²) >= 11 is 0. The van der Waals surface area contributed by atoms with Gasteiger partial charge in [0.05, 0.1) is 16.8 Å². The Hall–Kier alpha value is -3.89. The molecule has 0 spiro atoms. The zero-order valence-electron chi connectivity index (χ0n) is 19.3. The number of sulfonamides is 1. The van der Waals surface area contributed by atoms with E-state index in [0.29, 0.717) is 24.5 Å². The smallest absolute Gasteiger partial charge is 0.257 e. The number of piperidine rings is 1. The number of anilines is 2. The molecule has 3 heterocycles. The van der Waals surface area contributed by atoms with Gasteiger partial charge in [-0.1, -0.05) is 18.2 Å². The highest BCUT2D eigenvalue weighted by molar-refractivity contribution is 7.89. The Labute approximate surface area is 208 Å². The number of pyridine rings is 2. The predicted octanol–water partition coefficient (Wildman–Crippen LogP) is 4.18. The summed E-state index contributed by atoms with van der Waals surface area (Å²) in [6.45, 7) is 1.03. The molecule has 0 unspecified atom stereocenters. The molecule has 5 rings (SSSR count). The van der Waals surface area contributed by atoms with Crippen LogP contribution in [-0.2, 0) is 10.0 Å². The van der Waals surface area contributed by atoms with E-state index in [-0.39, 0.29) is 28.2 Å². The third-order valence-electron chi connectivity index (χ3n) is 6.41. The lowest BCUT2D eigenvalue weighted by atomic mass is 9.89. The van der Waals surface area contributed by atoms with Crippen LogP contribution in [0.5, 0.6) is 0 Å². The van der Waals surface area contributed by atoms with Crippen molar-refractivity contribution in [2.45, 2.75) is 23.8 Å². The molecule has 1 fully saturated rings. The third-order valence-corrected chi connectivity index (χ3v) is 7.21. The molecule has 1 aliphatic heterocycles. The number of aromatic nitrogens is 2. The van der Waals surface area contributed by atoms with Crippen molar-refractivity contribution < 1.29 is 17.6 Å². The number of fused-ring (bicyclic) bond motifs is 1. The van der Waals surface area contributed by atoms with E-state index in [1.165, 1.54) is 24.4 Å². The van der Waals surface area contributed by atoms with Crippen LogP contribution in [0.1, 0.15) is 34.7 Å². The number of nitrogens with one attached hydrogen (secondary N) is 1. The summed E-state index contributed by atoms with van der Waals surface area (Å²) in [6, 6.07) is 17.0. The van der Waals surface area contributed by atoms with Gasteiger partial charge in [0.1, 0.15) is 5.82 Å². The standard InChI is InChI=1S/C26H24FN5O3S/c27-20-5-3-17(4-6-20)18-9-12-32(13-10-18)26(33)22-16-30-25(36(28,34)35)15-24(22)31-21-7-8-23-19(14-21)2-1-11-29-23/h1-8,11,14-16,18H,9-10,12-13H2,(H,30,31)(H2,28,34,35). The average molecular weight is 506 g/mol. The number of rotatable bonds is 5. The van der Waals surface area contributed by atoms with Crippen LogP contribution in [0.2, 0.25) is 0 Å². The van der Waals surface area contributed by atoms with Crippen LogP contribution >= 0.6 is 0 Å². The topological polar surface area (TPSA) is 118 Å². The molecule has 0 aliphatic carbocycles. The number of carbonyl (C=O) groups excluding carboxylic acids is 1. The van der Waals surface area contributed by atoms with Crippen LogP contribution in [0.25, 0.3) is 10.9 Å². The van der Waals surface area contributed by atoms with Gasteiger partial charge in [0, 0.05) is 42.6 Å². The number of likely N-dealkylation sites (tertiary alicyclic amines) is 1. The summed E-state index contributed by atoms with van der Waals surface area (Å²) in [4.78, 5) is 23.4. The number of amides is 1. The Bertz CT molecular complexity index is 1540. The predicted molar refractivity (Wildman–Crippen MR) is 135 cm³/mol. The lowest BCUT2D eigenvalue weighted by molar-refractivity contribution is 0.0713. The Morgan fingerprint density at radius 2 is 1.78 bits per heavy atom. The highest BCUT2D eigenvalue weighted by Crippen LogP contribution is 2.31. The van der Waals surface area contributed by atoms with E-state index < -0.39 is 10.0 Å². The summed E-state index contributed by atoms with van der Waals surface area (Å²) in [6.07, 6.45) is 4.42. The summed E-state index contributed by atoms with van der Waals surface area (Å²) < 4.78 is 37.2. The highest BCUT2D eigenvalue weighted by Gasteiger charge is 2.27. The SMILES string of the molecule is NS(=O)(=O)c1cc(Nc2ccc3ncccc3c2)c(C(=O)N2CCC(c3ccc(F)cc3)CC2)cn1. The van der Waals surface area contributed by atoms with Crippen LogP contribution in [0.3, 0.4) is 0 Å². The molecule has 3 N–H and O–H groups in total. The number of benzene rings is 2. The molecular weight excluding hydrogens is 481 g/mol. The first kappa shape index (κ1) is 23.8. The number of hydrogen-bond acceptors (Lipinski definition) is 6. The van der Waals surface area contributed by atoms with Crippen molar-refractivity contribution >= 4 is 38.2 Å². The number of hydrogen-bond donors (Lipinski definition) is 2. The zero-order chi connectivity index (χ0) is 25.3. The monoisotopic (exact) mass is 505 g/mol. The van der Waals surface area contributed by atoms with E-state index in [1.807, 2.05) is 24.3 Å². The van der Waals surface area contributed by atoms with Crippen molar-refractivity contribution in [3.05, 3.63) is 90.0 Å². The maximum atomic E-state index is 13.5. The molecule has 1 aliphatic rings. The zero-order valence-corrected chi connectivity index (χ0v) is 20.1. The van der Waals surface area contributed by atoms with Crippen molar-refractivity contribution in [3.8, 4) is 0 Å². The molecule has 10 heteroatoms. The third kappa shape index (κ3) is 5.05. The van der Waals surface area contributed by atoms with Gasteiger partial charge in [0.2, 0.25) is 0 Å². The number of halogens is 1. The van der Waals surface area contributed by atoms with Crippen molar-refractivity contribution in [1.82, 2.24) is 14.9 Å². The summed E-state index contributed by atoms with van der Waals surface area (Å²) in [5.41, 5.74) is 3.06. The van der Waals surface area contributed by atoms with Crippen LogP contribution in [-0.4, -0.2) is 42.3 Å². The number of nitrogens with two attached hydrogens (primary N) is 1. The molecule has 1 saturated heterocycles. The molecule has 0 bridgehead atoms. The number of nitrogens with zero attached hydrogens (tertiary/aromatic N) is 3. The molecule has 0 atom stereocenters. The minimum absolute atomic E-state index is 0.237. The van der Waals surface area contributed by atoms with Crippen molar-refractivity contribution in [2.75, 3.05) is 18.4 Å². The molecule has 2 aromatic carbocycles. The fourth-order valence-electron chi connectivity index (χ4n) is 4.50. The van der Waals surface area contributed by atoms with E-state index in [2.05, 4.69) is 15.3 Å². The molecule has 1 amide bonds. The molecular formula is C26H24FN5O3S. The van der Waals surface area contributed by atoms with E-state index in [0.717, 1.165) is 29.3 Å².